The quantitative estimate of drug-likeness (QED) is 0.0261. The van der Waals surface area contributed by atoms with Crippen LogP contribution in [0.5, 0.6) is 0 Å². The van der Waals surface area contributed by atoms with Crippen LogP contribution in [-0.2, 0) is 28.6 Å². The van der Waals surface area contributed by atoms with Crippen molar-refractivity contribution < 1.29 is 28.6 Å². The summed E-state index contributed by atoms with van der Waals surface area (Å²) in [6.07, 6.45) is 98.3. The van der Waals surface area contributed by atoms with Crippen molar-refractivity contribution in [2.75, 3.05) is 13.2 Å². The van der Waals surface area contributed by atoms with E-state index in [4.69, 9.17) is 14.2 Å². The van der Waals surface area contributed by atoms with Gasteiger partial charge in [0.2, 0.25) is 0 Å². The molecule has 0 aromatic rings. The molecule has 456 valence electrons. The Hall–Kier alpha value is -4.97. The molecule has 0 spiro atoms. The molecule has 0 aromatic carbocycles. The summed E-state index contributed by atoms with van der Waals surface area (Å²) < 4.78 is 16.9. The first kappa shape index (κ1) is 76.0. The summed E-state index contributed by atoms with van der Waals surface area (Å²) in [5.74, 6) is -0.968. The monoisotopic (exact) mass is 1120 g/mol. The highest BCUT2D eigenvalue weighted by Gasteiger charge is 2.19. The fourth-order valence-corrected chi connectivity index (χ4v) is 8.69. The lowest BCUT2D eigenvalue weighted by Crippen LogP contribution is -2.30. The normalized spacial score (nSPS) is 13.2. The minimum atomic E-state index is -0.815. The molecule has 0 saturated heterocycles. The smallest absolute Gasteiger partial charge is 0.306 e. The second-order valence-corrected chi connectivity index (χ2v) is 21.2. The highest BCUT2D eigenvalue weighted by molar-refractivity contribution is 5.71. The number of hydrogen-bond acceptors (Lipinski definition) is 6. The molecule has 1 atom stereocenters. The molecule has 81 heavy (non-hydrogen) atoms. The summed E-state index contributed by atoms with van der Waals surface area (Å²) in [5.41, 5.74) is 0. The first-order valence-electron chi connectivity index (χ1n) is 33.0. The Morgan fingerprint density at radius 3 is 0.716 bits per heavy atom. The Bertz CT molecular complexity index is 1810. The molecule has 0 heterocycles. The lowest BCUT2D eigenvalue weighted by atomic mass is 10.0. The van der Waals surface area contributed by atoms with E-state index in [1.165, 1.54) is 77.0 Å². The molecule has 0 saturated carbocycles. The SMILES string of the molecule is CC/C=C\C/C=C\C/C=C\C/C=C\C/C=C\CCCCCCCC(=O)OC(COC(=O)CCCC/C=C\C/C=C\C/C=C\C/C=C\CC)COC(=O)CCCCCCCCCCCCCCCC/C=C\C/C=C\C/C=C\C/C=C\CC. The minimum absolute atomic E-state index is 0.105. The number of unbranched alkanes of at least 4 members (excludes halogenated alkanes) is 21. The third-order valence-electron chi connectivity index (χ3n) is 13.5. The van der Waals surface area contributed by atoms with E-state index in [2.05, 4.69) is 179 Å². The Labute approximate surface area is 499 Å². The number of rotatable bonds is 58. The Balaban J connectivity index is 4.41. The maximum atomic E-state index is 12.9. The highest BCUT2D eigenvalue weighted by atomic mass is 16.6. The number of esters is 3. The van der Waals surface area contributed by atoms with Gasteiger partial charge in [-0.25, -0.2) is 0 Å². The van der Waals surface area contributed by atoms with E-state index in [9.17, 15) is 14.4 Å². The highest BCUT2D eigenvalue weighted by Crippen LogP contribution is 2.16. The molecule has 0 aliphatic heterocycles. The molecule has 0 aromatic heterocycles. The van der Waals surface area contributed by atoms with E-state index < -0.39 is 6.10 Å². The number of carbonyl (C=O) groups excluding carboxylic acids is 3. The van der Waals surface area contributed by atoms with Crippen LogP contribution in [0, 0.1) is 0 Å². The largest absolute Gasteiger partial charge is 0.462 e. The van der Waals surface area contributed by atoms with Gasteiger partial charge >= 0.3 is 17.9 Å². The van der Waals surface area contributed by atoms with E-state index in [0.717, 1.165) is 154 Å². The predicted octanol–water partition coefficient (Wildman–Crippen LogP) is 22.9. The third kappa shape index (κ3) is 65.7. The van der Waals surface area contributed by atoms with Crippen molar-refractivity contribution in [1.82, 2.24) is 0 Å². The van der Waals surface area contributed by atoms with E-state index in [-0.39, 0.29) is 31.1 Å². The summed E-state index contributed by atoms with van der Waals surface area (Å²) in [6, 6.07) is 0. The Morgan fingerprint density at radius 2 is 0.444 bits per heavy atom. The lowest BCUT2D eigenvalue weighted by molar-refractivity contribution is -0.167. The second kappa shape index (κ2) is 67.5. The van der Waals surface area contributed by atoms with Crippen LogP contribution in [0.4, 0.5) is 0 Å². The molecule has 0 amide bonds. The zero-order chi connectivity index (χ0) is 58.5. The van der Waals surface area contributed by atoms with Gasteiger partial charge in [0.25, 0.3) is 0 Å². The summed E-state index contributed by atoms with van der Waals surface area (Å²) in [5, 5.41) is 0. The molecule has 0 rings (SSSR count). The molecule has 0 bridgehead atoms. The lowest BCUT2D eigenvalue weighted by Gasteiger charge is -2.18. The molecule has 0 radical (unpaired) electrons. The van der Waals surface area contributed by atoms with Crippen LogP contribution in [0.25, 0.3) is 0 Å². The van der Waals surface area contributed by atoms with Crippen molar-refractivity contribution in [3.63, 3.8) is 0 Å². The van der Waals surface area contributed by atoms with Crippen LogP contribution in [-0.4, -0.2) is 37.2 Å². The van der Waals surface area contributed by atoms with Gasteiger partial charge in [-0.3, -0.25) is 14.4 Å². The van der Waals surface area contributed by atoms with Crippen LogP contribution >= 0.6 is 0 Å². The zero-order valence-electron chi connectivity index (χ0n) is 52.2. The first-order valence-corrected chi connectivity index (χ1v) is 33.0. The summed E-state index contributed by atoms with van der Waals surface area (Å²) >= 11 is 0. The maximum absolute atomic E-state index is 12.9. The van der Waals surface area contributed by atoms with Crippen molar-refractivity contribution in [3.05, 3.63) is 158 Å². The van der Waals surface area contributed by atoms with E-state index >= 15 is 0 Å². The molecule has 0 aliphatic rings. The fraction of sp³-hybridized carbons (Fsp3) is 0.613. The molecule has 6 nitrogen and oxygen atoms in total. The molecule has 0 fully saturated rings. The van der Waals surface area contributed by atoms with Gasteiger partial charge in [0, 0.05) is 19.3 Å². The average molecular weight is 1120 g/mol. The van der Waals surface area contributed by atoms with Gasteiger partial charge in [0.1, 0.15) is 13.2 Å². The topological polar surface area (TPSA) is 78.9 Å². The van der Waals surface area contributed by atoms with Crippen molar-refractivity contribution >= 4 is 17.9 Å². The molecule has 6 heteroatoms. The Morgan fingerprint density at radius 1 is 0.247 bits per heavy atom. The van der Waals surface area contributed by atoms with Crippen LogP contribution < -0.4 is 0 Å². The second-order valence-electron chi connectivity index (χ2n) is 21.2. The fourth-order valence-electron chi connectivity index (χ4n) is 8.69. The van der Waals surface area contributed by atoms with Gasteiger partial charge in [-0.05, 0) is 141 Å². The van der Waals surface area contributed by atoms with Gasteiger partial charge in [0.15, 0.2) is 6.10 Å². The molecule has 1 unspecified atom stereocenters. The minimum Gasteiger partial charge on any atom is -0.462 e. The van der Waals surface area contributed by atoms with Gasteiger partial charge in [0.05, 0.1) is 0 Å². The van der Waals surface area contributed by atoms with Crippen LogP contribution in [0.3, 0.4) is 0 Å². The third-order valence-corrected chi connectivity index (χ3v) is 13.5. The standard InChI is InChI=1S/C75H120O6/c1-4-7-10-13-16-19-22-25-28-30-32-34-35-36-37-38-39-41-42-44-47-50-53-56-59-62-65-68-74(77)80-71-72(70-79-73(76)67-64-61-58-55-52-49-46-27-24-21-18-15-12-9-6-3)81-75(78)69-66-63-60-57-54-51-48-45-43-40-33-31-29-26-23-20-17-14-11-8-5-2/h7-12,16-21,25-29,32-34,40,45-46,48,52,55,72H,4-6,13-15,22-24,30-31,35-39,41-44,47,49-51,53-54,56-71H2,1-3H3/b10-7-,11-8-,12-9-,19-16-,20-17-,21-18-,28-25-,29-26-,34-32-,40-33-,46-27-,48-45-,55-52-. The molecular formula is C75H120O6. The van der Waals surface area contributed by atoms with Gasteiger partial charge < -0.3 is 14.2 Å². The molecular weight excluding hydrogens is 997 g/mol. The summed E-state index contributed by atoms with van der Waals surface area (Å²) in [6.45, 7) is 6.25. The average Bonchev–Trinajstić information content (AvgIpc) is 3.47. The molecule has 0 N–H and O–H groups in total. The number of ether oxygens (including phenoxy) is 3. The predicted molar refractivity (Wildman–Crippen MR) is 352 cm³/mol. The Kier molecular flexibility index (Phi) is 63.4. The van der Waals surface area contributed by atoms with Crippen molar-refractivity contribution in [3.8, 4) is 0 Å². The van der Waals surface area contributed by atoms with Crippen molar-refractivity contribution in [1.29, 1.82) is 0 Å². The summed E-state index contributed by atoms with van der Waals surface area (Å²) in [4.78, 5) is 38.4. The number of carbonyl (C=O) groups is 3. The zero-order valence-corrected chi connectivity index (χ0v) is 52.2. The van der Waals surface area contributed by atoms with Crippen LogP contribution in [0.15, 0.2) is 158 Å². The van der Waals surface area contributed by atoms with E-state index in [0.29, 0.717) is 25.7 Å². The van der Waals surface area contributed by atoms with E-state index in [1.807, 2.05) is 0 Å². The number of hydrogen-bond donors (Lipinski definition) is 0. The first-order chi connectivity index (χ1) is 40.0. The van der Waals surface area contributed by atoms with Gasteiger partial charge in [-0.2, -0.15) is 0 Å². The summed E-state index contributed by atoms with van der Waals surface area (Å²) in [7, 11) is 0. The number of allylic oxidation sites excluding steroid dienone is 26. The van der Waals surface area contributed by atoms with Crippen LogP contribution in [0.1, 0.15) is 278 Å². The van der Waals surface area contributed by atoms with E-state index in [1.54, 1.807) is 0 Å². The van der Waals surface area contributed by atoms with Gasteiger partial charge in [-0.15, -0.1) is 0 Å². The van der Waals surface area contributed by atoms with Gasteiger partial charge in [-0.1, -0.05) is 275 Å². The van der Waals surface area contributed by atoms with Crippen LogP contribution in [0.2, 0.25) is 0 Å². The molecule has 0 aliphatic carbocycles. The van der Waals surface area contributed by atoms with Crippen molar-refractivity contribution in [2.45, 2.75) is 284 Å². The van der Waals surface area contributed by atoms with Crippen molar-refractivity contribution in [2.24, 2.45) is 0 Å². The maximum Gasteiger partial charge on any atom is 0.306 e.